The number of amides is 2. The highest BCUT2D eigenvalue weighted by Gasteiger charge is 2.11. The number of benzene rings is 1. The molecule has 19 heavy (non-hydrogen) atoms. The predicted molar refractivity (Wildman–Crippen MR) is 75.5 cm³/mol. The van der Waals surface area contributed by atoms with Crippen molar-refractivity contribution >= 4 is 11.8 Å². The first-order chi connectivity index (χ1) is 9.02. The van der Waals surface area contributed by atoms with Gasteiger partial charge >= 0.3 is 0 Å². The molecule has 0 aromatic heterocycles. The summed E-state index contributed by atoms with van der Waals surface area (Å²) in [5.74, 6) is -0.472. The number of aryl methyl sites for hydroxylation is 1. The molecule has 2 N–H and O–H groups in total. The minimum atomic E-state index is -0.246. The van der Waals surface area contributed by atoms with Crippen molar-refractivity contribution in [3.05, 3.63) is 35.4 Å². The van der Waals surface area contributed by atoms with Crippen LogP contribution in [0.15, 0.2) is 24.3 Å². The van der Waals surface area contributed by atoms with Crippen LogP contribution in [0.4, 0.5) is 0 Å². The maximum Gasteiger partial charge on any atom is 0.229 e. The van der Waals surface area contributed by atoms with E-state index in [0.717, 1.165) is 17.5 Å². The Labute approximate surface area is 114 Å². The van der Waals surface area contributed by atoms with Crippen LogP contribution in [-0.4, -0.2) is 17.9 Å². The molecule has 104 valence electrons. The number of carbonyl (C=O) groups excluding carboxylic acids is 2. The normalized spacial score (nSPS) is 11.7. The molecular weight excluding hydrogens is 240 g/mol. The van der Waals surface area contributed by atoms with Crippen LogP contribution < -0.4 is 10.6 Å². The smallest absolute Gasteiger partial charge is 0.229 e. The lowest BCUT2D eigenvalue weighted by Gasteiger charge is -2.11. The summed E-state index contributed by atoms with van der Waals surface area (Å²) < 4.78 is 0. The molecule has 0 heterocycles. The Hall–Kier alpha value is -1.84. The first-order valence-electron chi connectivity index (χ1n) is 6.63. The molecule has 1 aromatic rings. The fraction of sp³-hybridized carbons (Fsp3) is 0.467. The standard InChI is InChI=1S/C15H22N2O2/c1-4-12(3)17-15(19)9-14(18)16-10-13-8-6-5-7-11(13)2/h5-8,12H,4,9-10H2,1-3H3,(H,16,18)(H,17,19). The Morgan fingerprint density at radius 1 is 1.21 bits per heavy atom. The third kappa shape index (κ3) is 5.55. The predicted octanol–water partition coefficient (Wildman–Crippen LogP) is 1.92. The van der Waals surface area contributed by atoms with Gasteiger partial charge < -0.3 is 10.6 Å². The van der Waals surface area contributed by atoms with E-state index in [1.165, 1.54) is 0 Å². The fourth-order valence-corrected chi connectivity index (χ4v) is 1.64. The topological polar surface area (TPSA) is 58.2 Å². The van der Waals surface area contributed by atoms with Crippen LogP contribution in [0.5, 0.6) is 0 Å². The summed E-state index contributed by atoms with van der Waals surface area (Å²) in [6.07, 6.45) is 0.743. The van der Waals surface area contributed by atoms with Gasteiger partial charge in [0.1, 0.15) is 6.42 Å². The van der Waals surface area contributed by atoms with Crippen molar-refractivity contribution in [2.75, 3.05) is 0 Å². The molecule has 0 spiro atoms. The van der Waals surface area contributed by atoms with Crippen LogP contribution in [0.2, 0.25) is 0 Å². The zero-order valence-corrected chi connectivity index (χ0v) is 11.8. The summed E-state index contributed by atoms with van der Waals surface area (Å²) in [4.78, 5) is 23.2. The second kappa shape index (κ2) is 7.56. The first-order valence-corrected chi connectivity index (χ1v) is 6.63. The summed E-state index contributed by atoms with van der Waals surface area (Å²) >= 11 is 0. The molecule has 0 aliphatic heterocycles. The van der Waals surface area contributed by atoms with Crippen LogP contribution >= 0.6 is 0 Å². The molecule has 0 radical (unpaired) electrons. The van der Waals surface area contributed by atoms with Crippen molar-refractivity contribution in [1.82, 2.24) is 10.6 Å². The maximum atomic E-state index is 11.6. The Kier molecular flexibility index (Phi) is 6.06. The molecule has 1 rings (SSSR count). The van der Waals surface area contributed by atoms with Gasteiger partial charge in [-0.2, -0.15) is 0 Å². The Morgan fingerprint density at radius 2 is 1.89 bits per heavy atom. The third-order valence-corrected chi connectivity index (χ3v) is 3.08. The van der Waals surface area contributed by atoms with Crippen LogP contribution in [0, 0.1) is 6.92 Å². The molecule has 0 aliphatic carbocycles. The lowest BCUT2D eigenvalue weighted by atomic mass is 10.1. The van der Waals surface area contributed by atoms with Gasteiger partial charge in [0, 0.05) is 12.6 Å². The largest absolute Gasteiger partial charge is 0.353 e. The fourth-order valence-electron chi connectivity index (χ4n) is 1.64. The van der Waals surface area contributed by atoms with E-state index in [1.54, 1.807) is 0 Å². The lowest BCUT2D eigenvalue weighted by molar-refractivity contribution is -0.129. The summed E-state index contributed by atoms with van der Waals surface area (Å²) in [6, 6.07) is 7.97. The highest BCUT2D eigenvalue weighted by Crippen LogP contribution is 2.06. The summed E-state index contributed by atoms with van der Waals surface area (Å²) in [7, 11) is 0. The van der Waals surface area contributed by atoms with E-state index < -0.39 is 0 Å². The van der Waals surface area contributed by atoms with Crippen molar-refractivity contribution in [3.63, 3.8) is 0 Å². The summed E-state index contributed by atoms with van der Waals surface area (Å²) in [5.41, 5.74) is 2.20. The minimum Gasteiger partial charge on any atom is -0.353 e. The lowest BCUT2D eigenvalue weighted by Crippen LogP contribution is -2.36. The van der Waals surface area contributed by atoms with Crippen LogP contribution in [0.3, 0.4) is 0 Å². The molecule has 0 saturated carbocycles. The monoisotopic (exact) mass is 262 g/mol. The van der Waals surface area contributed by atoms with Gasteiger partial charge in [-0.05, 0) is 31.4 Å². The van der Waals surface area contributed by atoms with Crippen LogP contribution in [0.1, 0.15) is 37.8 Å². The van der Waals surface area contributed by atoms with Crippen LogP contribution in [-0.2, 0) is 16.1 Å². The molecule has 1 unspecified atom stereocenters. The molecule has 0 fully saturated rings. The SMILES string of the molecule is CCC(C)NC(=O)CC(=O)NCc1ccccc1C. The highest BCUT2D eigenvalue weighted by atomic mass is 16.2. The van der Waals surface area contributed by atoms with Crippen molar-refractivity contribution in [2.24, 2.45) is 0 Å². The number of hydrogen-bond acceptors (Lipinski definition) is 2. The molecule has 1 atom stereocenters. The maximum absolute atomic E-state index is 11.6. The average molecular weight is 262 g/mol. The Balaban J connectivity index is 2.36. The van der Waals surface area contributed by atoms with E-state index in [1.807, 2.05) is 45.0 Å². The zero-order valence-electron chi connectivity index (χ0n) is 11.8. The second-order valence-corrected chi connectivity index (χ2v) is 4.76. The van der Waals surface area contributed by atoms with Gasteiger partial charge in [0.2, 0.25) is 11.8 Å². The average Bonchev–Trinajstić information content (AvgIpc) is 2.37. The van der Waals surface area contributed by atoms with Gasteiger partial charge in [-0.1, -0.05) is 31.2 Å². The molecule has 1 aromatic carbocycles. The van der Waals surface area contributed by atoms with Crippen molar-refractivity contribution in [3.8, 4) is 0 Å². The number of rotatable bonds is 6. The molecular formula is C15H22N2O2. The first kappa shape index (κ1) is 15.2. The number of nitrogens with one attached hydrogen (secondary N) is 2. The van der Waals surface area contributed by atoms with E-state index in [9.17, 15) is 9.59 Å². The van der Waals surface area contributed by atoms with Crippen molar-refractivity contribution in [1.29, 1.82) is 0 Å². The van der Waals surface area contributed by atoms with E-state index in [4.69, 9.17) is 0 Å². The van der Waals surface area contributed by atoms with Crippen molar-refractivity contribution in [2.45, 2.75) is 46.2 Å². The van der Waals surface area contributed by atoms with Crippen molar-refractivity contribution < 1.29 is 9.59 Å². The molecule has 4 heteroatoms. The Morgan fingerprint density at radius 3 is 2.53 bits per heavy atom. The zero-order chi connectivity index (χ0) is 14.3. The third-order valence-electron chi connectivity index (χ3n) is 3.08. The summed E-state index contributed by atoms with van der Waals surface area (Å²) in [6.45, 7) is 6.37. The second-order valence-electron chi connectivity index (χ2n) is 4.76. The van der Waals surface area contributed by atoms with Gasteiger partial charge in [0.05, 0.1) is 0 Å². The molecule has 2 amide bonds. The van der Waals surface area contributed by atoms with Gasteiger partial charge in [-0.25, -0.2) is 0 Å². The number of hydrogen-bond donors (Lipinski definition) is 2. The molecule has 0 aliphatic rings. The van der Waals surface area contributed by atoms with E-state index in [0.29, 0.717) is 6.54 Å². The Bertz CT molecular complexity index is 444. The molecule has 0 saturated heterocycles. The van der Waals surface area contributed by atoms with Gasteiger partial charge in [-0.15, -0.1) is 0 Å². The minimum absolute atomic E-state index is 0.108. The molecule has 0 bridgehead atoms. The van der Waals surface area contributed by atoms with Gasteiger partial charge in [0.15, 0.2) is 0 Å². The summed E-state index contributed by atoms with van der Waals surface area (Å²) in [5, 5.41) is 5.53. The quantitative estimate of drug-likeness (QED) is 0.769. The van der Waals surface area contributed by atoms with E-state index >= 15 is 0 Å². The highest BCUT2D eigenvalue weighted by molar-refractivity contribution is 5.96. The van der Waals surface area contributed by atoms with E-state index in [-0.39, 0.29) is 24.3 Å². The van der Waals surface area contributed by atoms with Crippen LogP contribution in [0.25, 0.3) is 0 Å². The van der Waals surface area contributed by atoms with Gasteiger partial charge in [0.25, 0.3) is 0 Å². The number of carbonyl (C=O) groups is 2. The van der Waals surface area contributed by atoms with E-state index in [2.05, 4.69) is 10.6 Å². The van der Waals surface area contributed by atoms with Gasteiger partial charge in [-0.3, -0.25) is 9.59 Å². The molecule has 4 nitrogen and oxygen atoms in total.